The van der Waals surface area contributed by atoms with E-state index in [1.54, 1.807) is 6.26 Å². The van der Waals surface area contributed by atoms with Crippen LogP contribution in [-0.4, -0.2) is 6.61 Å². The van der Waals surface area contributed by atoms with Gasteiger partial charge in [-0.25, -0.2) is 5.43 Å². The van der Waals surface area contributed by atoms with Crippen molar-refractivity contribution in [3.05, 3.63) is 45.1 Å². The summed E-state index contributed by atoms with van der Waals surface area (Å²) in [5.74, 6) is 5.63. The first-order valence-electron chi connectivity index (χ1n) is 5.44. The maximum Gasteiger partial charge on any atom is 0.0876 e. The van der Waals surface area contributed by atoms with E-state index in [-0.39, 0.29) is 6.04 Å². The van der Waals surface area contributed by atoms with Crippen molar-refractivity contribution in [2.75, 3.05) is 6.61 Å². The molecule has 0 aliphatic carbocycles. The monoisotopic (exact) mass is 316 g/mol. The van der Waals surface area contributed by atoms with Crippen LogP contribution >= 0.6 is 27.5 Å². The van der Waals surface area contributed by atoms with E-state index >= 15 is 0 Å². The topological polar surface area (TPSA) is 47.3 Å². The molecule has 1 aliphatic rings. The van der Waals surface area contributed by atoms with Gasteiger partial charge in [-0.3, -0.25) is 5.84 Å². The summed E-state index contributed by atoms with van der Waals surface area (Å²) in [4.78, 5) is 0. The normalized spacial score (nSPS) is 17.2. The zero-order chi connectivity index (χ0) is 12.3. The fourth-order valence-corrected chi connectivity index (χ4v) is 2.55. The Bertz CT molecular complexity index is 437. The van der Waals surface area contributed by atoms with Crippen LogP contribution in [0.3, 0.4) is 0 Å². The van der Waals surface area contributed by atoms with Crippen molar-refractivity contribution in [3.63, 3.8) is 0 Å². The Hall–Kier alpha value is -0.550. The highest BCUT2D eigenvalue weighted by atomic mass is 79.9. The van der Waals surface area contributed by atoms with Gasteiger partial charge in [0.05, 0.1) is 23.9 Å². The summed E-state index contributed by atoms with van der Waals surface area (Å²) in [7, 11) is 0. The van der Waals surface area contributed by atoms with Gasteiger partial charge in [-0.2, -0.15) is 0 Å². The first-order valence-corrected chi connectivity index (χ1v) is 6.61. The fraction of sp³-hybridized carbons (Fsp3) is 0.333. The Labute approximate surface area is 114 Å². The lowest BCUT2D eigenvalue weighted by molar-refractivity contribution is 0.219. The van der Waals surface area contributed by atoms with E-state index in [2.05, 4.69) is 21.4 Å². The van der Waals surface area contributed by atoms with Crippen LogP contribution < -0.4 is 11.3 Å². The van der Waals surface area contributed by atoms with Gasteiger partial charge in [0, 0.05) is 4.47 Å². The van der Waals surface area contributed by atoms with Crippen LogP contribution in [0.4, 0.5) is 0 Å². The highest BCUT2D eigenvalue weighted by molar-refractivity contribution is 9.10. The molecule has 1 aliphatic heterocycles. The van der Waals surface area contributed by atoms with E-state index in [1.165, 1.54) is 0 Å². The predicted molar refractivity (Wildman–Crippen MR) is 72.5 cm³/mol. The Morgan fingerprint density at radius 1 is 1.47 bits per heavy atom. The second-order valence-corrected chi connectivity index (χ2v) is 5.14. The average molecular weight is 318 g/mol. The molecule has 0 saturated carbocycles. The average Bonchev–Trinajstić information content (AvgIpc) is 2.37. The van der Waals surface area contributed by atoms with Gasteiger partial charge < -0.3 is 4.74 Å². The molecule has 1 unspecified atom stereocenters. The molecule has 17 heavy (non-hydrogen) atoms. The third kappa shape index (κ3) is 2.83. The van der Waals surface area contributed by atoms with Gasteiger partial charge in [-0.05, 0) is 46.0 Å². The molecule has 1 aromatic carbocycles. The van der Waals surface area contributed by atoms with E-state index in [0.29, 0.717) is 5.02 Å². The van der Waals surface area contributed by atoms with Crippen molar-refractivity contribution in [3.8, 4) is 0 Å². The largest absolute Gasteiger partial charge is 0.501 e. The molecule has 0 spiro atoms. The fourth-order valence-electron chi connectivity index (χ4n) is 1.94. The molecule has 3 N–H and O–H groups in total. The van der Waals surface area contributed by atoms with E-state index in [4.69, 9.17) is 22.2 Å². The Kier molecular flexibility index (Phi) is 4.45. The van der Waals surface area contributed by atoms with Crippen LogP contribution in [0.2, 0.25) is 5.02 Å². The SMILES string of the molecule is NNC(C1=COCCC1)c1cccc(Br)c1Cl. The van der Waals surface area contributed by atoms with Gasteiger partial charge in [0.1, 0.15) is 0 Å². The van der Waals surface area contributed by atoms with Crippen molar-refractivity contribution < 1.29 is 4.74 Å². The molecule has 0 aromatic heterocycles. The van der Waals surface area contributed by atoms with Crippen molar-refractivity contribution in [1.82, 2.24) is 5.43 Å². The van der Waals surface area contributed by atoms with E-state index in [1.807, 2.05) is 18.2 Å². The van der Waals surface area contributed by atoms with Crippen molar-refractivity contribution in [1.29, 1.82) is 0 Å². The lowest BCUT2D eigenvalue weighted by Gasteiger charge is -2.24. The quantitative estimate of drug-likeness (QED) is 0.664. The molecule has 92 valence electrons. The molecule has 0 bridgehead atoms. The molecule has 0 radical (unpaired) electrons. The molecule has 2 rings (SSSR count). The summed E-state index contributed by atoms with van der Waals surface area (Å²) < 4.78 is 6.21. The smallest absolute Gasteiger partial charge is 0.0876 e. The highest BCUT2D eigenvalue weighted by Crippen LogP contribution is 2.35. The van der Waals surface area contributed by atoms with Crippen LogP contribution in [0.5, 0.6) is 0 Å². The summed E-state index contributed by atoms with van der Waals surface area (Å²) in [5, 5.41) is 0.682. The number of benzene rings is 1. The molecule has 0 amide bonds. The molecule has 0 saturated heterocycles. The first-order chi connectivity index (χ1) is 8.24. The second-order valence-electron chi connectivity index (χ2n) is 3.91. The van der Waals surface area contributed by atoms with E-state index in [9.17, 15) is 0 Å². The first kappa shape index (κ1) is 12.9. The summed E-state index contributed by atoms with van der Waals surface area (Å²) in [6.45, 7) is 0.771. The number of hydrazine groups is 1. The maximum atomic E-state index is 6.28. The van der Waals surface area contributed by atoms with Gasteiger partial charge in [-0.15, -0.1) is 0 Å². The standard InChI is InChI=1S/C12H14BrClN2O/c13-10-5-1-4-9(11(10)14)12(16-15)8-3-2-6-17-7-8/h1,4-5,7,12,16H,2-3,6,15H2. The minimum Gasteiger partial charge on any atom is -0.501 e. The number of halogens is 2. The summed E-state index contributed by atoms with van der Waals surface area (Å²) in [5.41, 5.74) is 4.88. The number of hydrogen-bond donors (Lipinski definition) is 2. The Morgan fingerprint density at radius 3 is 2.94 bits per heavy atom. The predicted octanol–water partition coefficient (Wildman–Crippen LogP) is 3.30. The molecule has 0 fully saturated rings. The molecular formula is C12H14BrClN2O. The Balaban J connectivity index is 2.34. The lowest BCUT2D eigenvalue weighted by atomic mass is 9.96. The zero-order valence-corrected chi connectivity index (χ0v) is 11.6. The summed E-state index contributed by atoms with van der Waals surface area (Å²) >= 11 is 9.69. The molecule has 1 atom stereocenters. The summed E-state index contributed by atoms with van der Waals surface area (Å²) in [6.07, 6.45) is 3.76. The van der Waals surface area contributed by atoms with E-state index < -0.39 is 0 Å². The maximum absolute atomic E-state index is 6.28. The minimum atomic E-state index is -0.0969. The lowest BCUT2D eigenvalue weighted by Crippen LogP contribution is -2.30. The second kappa shape index (κ2) is 5.87. The van der Waals surface area contributed by atoms with Crippen molar-refractivity contribution >= 4 is 27.5 Å². The number of nitrogens with two attached hydrogens (primary N) is 1. The number of ether oxygens (including phenoxy) is 1. The molecular weight excluding hydrogens is 304 g/mol. The third-order valence-electron chi connectivity index (χ3n) is 2.79. The van der Waals surface area contributed by atoms with Gasteiger partial charge in [0.15, 0.2) is 0 Å². The van der Waals surface area contributed by atoms with Gasteiger partial charge in [0.25, 0.3) is 0 Å². The van der Waals surface area contributed by atoms with Gasteiger partial charge >= 0.3 is 0 Å². The van der Waals surface area contributed by atoms with Crippen LogP contribution in [0, 0.1) is 0 Å². The highest BCUT2D eigenvalue weighted by Gasteiger charge is 2.20. The van der Waals surface area contributed by atoms with Crippen LogP contribution in [0.25, 0.3) is 0 Å². The number of rotatable bonds is 3. The van der Waals surface area contributed by atoms with Crippen molar-refractivity contribution in [2.24, 2.45) is 5.84 Å². The molecule has 1 heterocycles. The van der Waals surface area contributed by atoms with Crippen LogP contribution in [0.1, 0.15) is 24.4 Å². The number of hydrogen-bond acceptors (Lipinski definition) is 3. The molecule has 5 heteroatoms. The zero-order valence-electron chi connectivity index (χ0n) is 9.25. The van der Waals surface area contributed by atoms with Crippen LogP contribution in [0.15, 0.2) is 34.5 Å². The summed E-state index contributed by atoms with van der Waals surface area (Å²) in [6, 6.07) is 5.72. The van der Waals surface area contributed by atoms with Gasteiger partial charge in [-0.1, -0.05) is 23.7 Å². The van der Waals surface area contributed by atoms with E-state index in [0.717, 1.165) is 35.1 Å². The molecule has 3 nitrogen and oxygen atoms in total. The minimum absolute atomic E-state index is 0.0969. The van der Waals surface area contributed by atoms with Crippen LogP contribution in [-0.2, 0) is 4.74 Å². The Morgan fingerprint density at radius 2 is 2.29 bits per heavy atom. The number of nitrogens with one attached hydrogen (secondary N) is 1. The third-order valence-corrected chi connectivity index (χ3v) is 4.10. The van der Waals surface area contributed by atoms with Crippen molar-refractivity contribution in [2.45, 2.75) is 18.9 Å². The molecule has 1 aromatic rings. The van der Waals surface area contributed by atoms with Gasteiger partial charge in [0.2, 0.25) is 0 Å².